The van der Waals surface area contributed by atoms with Crippen LogP contribution < -0.4 is 5.30 Å². The van der Waals surface area contributed by atoms with Crippen molar-refractivity contribution in [1.82, 2.24) is 0 Å². The molecule has 34 heavy (non-hydrogen) atoms. The van der Waals surface area contributed by atoms with Gasteiger partial charge in [-0.25, -0.2) is 4.39 Å². The second kappa shape index (κ2) is 8.11. The van der Waals surface area contributed by atoms with Crippen LogP contribution in [0.4, 0.5) is 4.39 Å². The molecule has 0 nitrogen and oxygen atoms in total. The molecule has 0 saturated carbocycles. The van der Waals surface area contributed by atoms with Crippen LogP contribution in [0.5, 0.6) is 0 Å². The van der Waals surface area contributed by atoms with Crippen LogP contribution in [0.25, 0.3) is 0 Å². The van der Waals surface area contributed by atoms with Gasteiger partial charge in [0.1, 0.15) is 5.03 Å². The minimum atomic E-state index is -2.13. The van der Waals surface area contributed by atoms with E-state index in [-0.39, 0.29) is 20.6 Å². The molecule has 0 aromatic heterocycles. The summed E-state index contributed by atoms with van der Waals surface area (Å²) in [7, 11) is -6.76. The van der Waals surface area contributed by atoms with E-state index in [1.54, 1.807) is 0 Å². The van der Waals surface area contributed by atoms with Crippen molar-refractivity contribution in [3.63, 3.8) is 0 Å². The highest BCUT2D eigenvalue weighted by Crippen LogP contribution is 2.90. The highest BCUT2D eigenvalue weighted by Gasteiger charge is 2.89. The maximum absolute atomic E-state index is 18.3. The molecule has 1 aromatic rings. The zero-order valence-corrected chi connectivity index (χ0v) is 29.9. The van der Waals surface area contributed by atoms with Crippen LogP contribution in [0.3, 0.4) is 0 Å². The summed E-state index contributed by atoms with van der Waals surface area (Å²) in [5.41, 5.74) is 4.27. The average Bonchev–Trinajstić information content (AvgIpc) is 3.14. The monoisotopic (exact) mass is 538 g/mol. The first kappa shape index (κ1) is 30.5. The van der Waals surface area contributed by atoms with Crippen molar-refractivity contribution in [3.05, 3.63) is 28.8 Å². The third-order valence-corrected chi connectivity index (χ3v) is 31.8. The fourth-order valence-electron chi connectivity index (χ4n) is 6.77. The standard InChI is InChI=1S/C29H56FPSi3/c1-25(2,3)21-19-22(26(4,5)6)24(23(20-21)27(7,8)9)31-28(30,32(10,11)12)29(31,33(13,14)15)34(16,17)18/h19-20H,1-18H3. The van der Waals surface area contributed by atoms with Gasteiger partial charge in [-0.1, -0.05) is 133 Å². The van der Waals surface area contributed by atoms with Crippen LogP contribution in [0.2, 0.25) is 58.9 Å². The predicted octanol–water partition coefficient (Wildman–Crippen LogP) is 9.74. The lowest BCUT2D eigenvalue weighted by Gasteiger charge is -2.44. The topological polar surface area (TPSA) is 0 Å². The van der Waals surface area contributed by atoms with E-state index in [0.29, 0.717) is 0 Å². The van der Waals surface area contributed by atoms with Gasteiger partial charge in [-0.15, -0.1) is 0 Å². The van der Waals surface area contributed by atoms with Gasteiger partial charge in [0, 0.05) is 4.40 Å². The van der Waals surface area contributed by atoms with Crippen molar-refractivity contribution < 1.29 is 4.39 Å². The van der Waals surface area contributed by atoms with Crippen LogP contribution in [-0.4, -0.2) is 33.7 Å². The number of halogens is 1. The van der Waals surface area contributed by atoms with Gasteiger partial charge >= 0.3 is 0 Å². The summed E-state index contributed by atoms with van der Waals surface area (Å²) in [6, 6.07) is 4.96. The molecule has 0 N–H and O–H groups in total. The molecule has 1 heterocycles. The minimum Gasteiger partial charge on any atom is -0.242 e. The Morgan fingerprint density at radius 2 is 0.912 bits per heavy atom. The summed E-state index contributed by atoms with van der Waals surface area (Å²) in [5, 5.41) is 0.464. The molecule has 1 fully saturated rings. The fourth-order valence-corrected chi connectivity index (χ4v) is 40.8. The summed E-state index contributed by atoms with van der Waals surface area (Å²) < 4.78 is 18.2. The van der Waals surface area contributed by atoms with E-state index < -0.39 is 37.2 Å². The quantitative estimate of drug-likeness (QED) is 0.264. The van der Waals surface area contributed by atoms with Gasteiger partial charge in [-0.3, -0.25) is 0 Å². The lowest BCUT2D eigenvalue weighted by molar-refractivity contribution is 0.427. The lowest BCUT2D eigenvalue weighted by Crippen LogP contribution is -2.65. The van der Waals surface area contributed by atoms with Crippen molar-refractivity contribution in [2.24, 2.45) is 0 Å². The largest absolute Gasteiger partial charge is 0.242 e. The highest BCUT2D eigenvalue weighted by atomic mass is 31.1. The Kier molecular flexibility index (Phi) is 7.27. The summed E-state index contributed by atoms with van der Waals surface area (Å²) >= 11 is 0. The summed E-state index contributed by atoms with van der Waals surface area (Å²) in [6.07, 6.45) is 0. The van der Waals surface area contributed by atoms with Crippen molar-refractivity contribution in [2.45, 2.75) is 147 Å². The van der Waals surface area contributed by atoms with E-state index in [0.717, 1.165) is 0 Å². The Balaban J connectivity index is 3.22. The molecule has 0 aliphatic carbocycles. The third-order valence-electron chi connectivity index (χ3n) is 8.05. The summed E-state index contributed by atoms with van der Waals surface area (Å²) in [5.74, 6) is 0. The van der Waals surface area contributed by atoms with Crippen LogP contribution >= 0.6 is 7.92 Å². The van der Waals surface area contributed by atoms with Crippen molar-refractivity contribution in [1.29, 1.82) is 0 Å². The fraction of sp³-hybridized carbons (Fsp3) is 0.793. The van der Waals surface area contributed by atoms with E-state index >= 15 is 4.39 Å². The molecule has 1 aromatic carbocycles. The number of rotatable bonds is 4. The molecule has 0 bridgehead atoms. The Morgan fingerprint density at radius 1 is 0.588 bits per heavy atom. The highest BCUT2D eigenvalue weighted by molar-refractivity contribution is 7.86. The van der Waals surface area contributed by atoms with Crippen LogP contribution in [-0.2, 0) is 16.2 Å². The molecular weight excluding hydrogens is 483 g/mol. The van der Waals surface area contributed by atoms with Gasteiger partial charge in [-0.05, 0) is 46.2 Å². The van der Waals surface area contributed by atoms with E-state index in [4.69, 9.17) is 0 Å². The van der Waals surface area contributed by atoms with E-state index in [9.17, 15) is 0 Å². The van der Waals surface area contributed by atoms with Crippen LogP contribution in [0, 0.1) is 0 Å². The first-order valence-corrected chi connectivity index (χ1v) is 25.1. The summed E-state index contributed by atoms with van der Waals surface area (Å²) in [6.45, 7) is 42.9. The Bertz CT molecular complexity index is 892. The first-order chi connectivity index (χ1) is 14.6. The van der Waals surface area contributed by atoms with E-state index in [1.165, 1.54) is 22.0 Å². The van der Waals surface area contributed by atoms with Gasteiger partial charge in [0.15, 0.2) is 0 Å². The molecule has 1 saturated heterocycles. The average molecular weight is 539 g/mol. The zero-order chi connectivity index (χ0) is 27.3. The number of hydrogen-bond acceptors (Lipinski definition) is 0. The summed E-state index contributed by atoms with van der Waals surface area (Å²) in [4.78, 5) is 0. The van der Waals surface area contributed by atoms with Gasteiger partial charge in [-0.2, -0.15) is 0 Å². The molecule has 0 radical (unpaired) electrons. The van der Waals surface area contributed by atoms with Gasteiger partial charge in [0.05, 0.1) is 24.2 Å². The first-order valence-electron chi connectivity index (χ1n) is 13.3. The van der Waals surface area contributed by atoms with E-state index in [1.807, 2.05) is 0 Å². The normalized spacial score (nSPS) is 24.4. The molecule has 196 valence electrons. The Morgan fingerprint density at radius 3 is 1.09 bits per heavy atom. The molecule has 5 heteroatoms. The molecule has 2 atom stereocenters. The van der Waals surface area contributed by atoms with Crippen LogP contribution in [0.15, 0.2) is 12.1 Å². The van der Waals surface area contributed by atoms with Gasteiger partial charge < -0.3 is 0 Å². The second-order valence-electron chi connectivity index (χ2n) is 17.1. The molecule has 1 aliphatic heterocycles. The maximum atomic E-state index is 18.3. The third kappa shape index (κ3) is 4.43. The zero-order valence-electron chi connectivity index (χ0n) is 26.0. The minimum absolute atomic E-state index is 0.0213. The molecule has 1 aliphatic rings. The molecule has 2 rings (SSSR count). The SMILES string of the molecule is CC(C)(C)c1cc(C(C)(C)C)c(P2C(F)([Si](C)(C)C)C2([Si](C)(C)C)[Si](C)(C)C)c(C(C)(C)C)c1. The second-order valence-corrected chi connectivity index (χ2v) is 36.9. The molecular formula is C29H56FPSi3. The maximum Gasteiger partial charge on any atom is 0.126 e. The van der Waals surface area contributed by atoms with E-state index in [2.05, 4.69) is 133 Å². The number of hydrogen-bond donors (Lipinski definition) is 0. The Labute approximate surface area is 217 Å². The van der Waals surface area contributed by atoms with Crippen molar-refractivity contribution in [2.75, 3.05) is 0 Å². The predicted molar refractivity (Wildman–Crippen MR) is 166 cm³/mol. The van der Waals surface area contributed by atoms with Gasteiger partial charge in [0.25, 0.3) is 0 Å². The van der Waals surface area contributed by atoms with Gasteiger partial charge in [0.2, 0.25) is 0 Å². The van der Waals surface area contributed by atoms with Crippen LogP contribution in [0.1, 0.15) is 79.0 Å². The molecule has 0 spiro atoms. The Hall–Kier alpha value is 0.231. The number of alkyl halides is 1. The molecule has 0 amide bonds. The lowest BCUT2D eigenvalue weighted by atomic mass is 9.75. The van der Waals surface area contributed by atoms with Crippen molar-refractivity contribution in [3.8, 4) is 0 Å². The number of benzene rings is 1. The molecule has 2 unspecified atom stereocenters. The smallest absolute Gasteiger partial charge is 0.126 e. The van der Waals surface area contributed by atoms with Crippen molar-refractivity contribution >= 4 is 37.4 Å².